The van der Waals surface area contributed by atoms with Gasteiger partial charge < -0.3 is 5.11 Å². The number of rotatable bonds is 8. The maximum Gasteiger partial charge on any atom is 0.159 e. The molecule has 2 heteroatoms. The van der Waals surface area contributed by atoms with Gasteiger partial charge in [0.25, 0.3) is 0 Å². The smallest absolute Gasteiger partial charge is 0.159 e. The average molecular weight is 358 g/mol. The molecule has 0 aromatic heterocycles. The number of hydrogen-bond acceptors (Lipinski definition) is 2. The third kappa shape index (κ3) is 5.15. The third-order valence-electron chi connectivity index (χ3n) is 4.92. The summed E-state index contributed by atoms with van der Waals surface area (Å²) in [7, 11) is 0. The highest BCUT2D eigenvalue weighted by Crippen LogP contribution is 2.25. The van der Waals surface area contributed by atoms with Crippen LogP contribution in [-0.4, -0.2) is 17.5 Å². The Balaban J connectivity index is 1.67. The number of carbonyl (C=O) groups excluding carboxylic acids is 1. The van der Waals surface area contributed by atoms with Gasteiger partial charge >= 0.3 is 0 Å². The van der Waals surface area contributed by atoms with Crippen molar-refractivity contribution >= 4 is 5.78 Å². The van der Waals surface area contributed by atoms with Crippen LogP contribution >= 0.6 is 0 Å². The van der Waals surface area contributed by atoms with E-state index < -0.39 is 0 Å². The molecule has 0 unspecified atom stereocenters. The minimum Gasteiger partial charge on any atom is -0.396 e. The molecular formula is C25H26O2. The quantitative estimate of drug-likeness (QED) is 0.400. The minimum atomic E-state index is 0.0914. The van der Waals surface area contributed by atoms with Gasteiger partial charge in [0.1, 0.15) is 0 Å². The van der Waals surface area contributed by atoms with E-state index in [9.17, 15) is 4.79 Å². The molecule has 0 spiro atoms. The fourth-order valence-electron chi connectivity index (χ4n) is 3.23. The van der Waals surface area contributed by atoms with E-state index >= 15 is 0 Å². The lowest BCUT2D eigenvalue weighted by Crippen LogP contribution is -1.90. The SMILES string of the molecule is CC(=O)c1ccc(-c2ccc(-c3ccc(CCCCCO)cc3)cc2)cc1. The van der Waals surface area contributed by atoms with Crippen molar-refractivity contribution in [1.82, 2.24) is 0 Å². The highest BCUT2D eigenvalue weighted by atomic mass is 16.2. The molecule has 0 aliphatic heterocycles. The molecule has 0 fully saturated rings. The van der Waals surface area contributed by atoms with Crippen LogP contribution in [0.5, 0.6) is 0 Å². The summed E-state index contributed by atoms with van der Waals surface area (Å²) in [5.74, 6) is 0.0914. The molecule has 3 aromatic carbocycles. The van der Waals surface area contributed by atoms with Crippen molar-refractivity contribution in [2.24, 2.45) is 0 Å². The number of aliphatic hydroxyl groups excluding tert-OH is 1. The lowest BCUT2D eigenvalue weighted by Gasteiger charge is -2.07. The van der Waals surface area contributed by atoms with Crippen LogP contribution in [0.25, 0.3) is 22.3 Å². The third-order valence-corrected chi connectivity index (χ3v) is 4.92. The number of aryl methyl sites for hydroxylation is 1. The molecule has 0 radical (unpaired) electrons. The van der Waals surface area contributed by atoms with Crippen molar-refractivity contribution in [2.45, 2.75) is 32.6 Å². The zero-order valence-corrected chi connectivity index (χ0v) is 15.8. The van der Waals surface area contributed by atoms with E-state index in [1.54, 1.807) is 6.92 Å². The molecule has 3 rings (SSSR count). The first-order valence-corrected chi connectivity index (χ1v) is 9.59. The second-order valence-corrected chi connectivity index (χ2v) is 6.94. The van der Waals surface area contributed by atoms with E-state index in [1.165, 1.54) is 16.7 Å². The molecule has 0 bridgehead atoms. The Bertz CT molecular complexity index is 860. The summed E-state index contributed by atoms with van der Waals surface area (Å²) in [5, 5.41) is 8.84. The summed E-state index contributed by atoms with van der Waals surface area (Å²) in [5.41, 5.74) is 6.77. The van der Waals surface area contributed by atoms with E-state index in [0.29, 0.717) is 0 Å². The molecule has 138 valence electrons. The van der Waals surface area contributed by atoms with Crippen molar-refractivity contribution < 1.29 is 9.90 Å². The summed E-state index contributed by atoms with van der Waals surface area (Å²) in [4.78, 5) is 11.4. The van der Waals surface area contributed by atoms with Gasteiger partial charge in [-0.3, -0.25) is 4.79 Å². The Kier molecular flexibility index (Phi) is 6.56. The number of Topliss-reactive ketones (excluding diaryl/α,β-unsaturated/α-hetero) is 1. The highest BCUT2D eigenvalue weighted by Gasteiger charge is 2.03. The number of aliphatic hydroxyl groups is 1. The normalized spacial score (nSPS) is 10.7. The van der Waals surface area contributed by atoms with E-state index in [4.69, 9.17) is 5.11 Å². The van der Waals surface area contributed by atoms with Gasteiger partial charge in [-0.05, 0) is 54.0 Å². The molecule has 2 nitrogen and oxygen atoms in total. The molecule has 0 aliphatic carbocycles. The lowest BCUT2D eigenvalue weighted by molar-refractivity contribution is 0.101. The van der Waals surface area contributed by atoms with Crippen LogP contribution < -0.4 is 0 Å². The molecule has 0 saturated heterocycles. The van der Waals surface area contributed by atoms with Crippen molar-refractivity contribution in [2.75, 3.05) is 6.61 Å². The first-order valence-electron chi connectivity index (χ1n) is 9.59. The maximum absolute atomic E-state index is 11.4. The number of benzene rings is 3. The van der Waals surface area contributed by atoms with Gasteiger partial charge in [-0.25, -0.2) is 0 Å². The largest absolute Gasteiger partial charge is 0.396 e. The van der Waals surface area contributed by atoms with Crippen LogP contribution in [0, 0.1) is 0 Å². The van der Waals surface area contributed by atoms with E-state index in [2.05, 4.69) is 48.5 Å². The molecule has 0 atom stereocenters. The van der Waals surface area contributed by atoms with Crippen molar-refractivity contribution in [3.63, 3.8) is 0 Å². The summed E-state index contributed by atoms with van der Waals surface area (Å²) in [6.45, 7) is 1.88. The van der Waals surface area contributed by atoms with Gasteiger partial charge in [0.2, 0.25) is 0 Å². The Hall–Kier alpha value is -2.71. The number of hydrogen-bond donors (Lipinski definition) is 1. The molecule has 0 amide bonds. The molecule has 0 heterocycles. The standard InChI is InChI=1S/C25H26O2/c1-19(27)21-10-12-23(13-11-21)25-16-14-24(15-17-25)22-8-6-20(7-9-22)5-3-2-4-18-26/h6-17,26H,2-5,18H2,1H3. The number of unbranched alkanes of at least 4 members (excludes halogenated alkanes) is 2. The molecule has 27 heavy (non-hydrogen) atoms. The predicted molar refractivity (Wildman–Crippen MR) is 112 cm³/mol. The Labute approximate surface area is 161 Å². The van der Waals surface area contributed by atoms with Crippen LogP contribution in [-0.2, 0) is 6.42 Å². The zero-order chi connectivity index (χ0) is 19.1. The molecule has 1 N–H and O–H groups in total. The maximum atomic E-state index is 11.4. The van der Waals surface area contributed by atoms with Crippen molar-refractivity contribution in [1.29, 1.82) is 0 Å². The fourth-order valence-corrected chi connectivity index (χ4v) is 3.23. The van der Waals surface area contributed by atoms with E-state index in [0.717, 1.165) is 42.4 Å². The second-order valence-electron chi connectivity index (χ2n) is 6.94. The topological polar surface area (TPSA) is 37.3 Å². The molecule has 0 aliphatic rings. The van der Waals surface area contributed by atoms with Crippen LogP contribution in [0.1, 0.15) is 42.1 Å². The molecule has 0 saturated carbocycles. The van der Waals surface area contributed by atoms with Crippen molar-refractivity contribution in [3.8, 4) is 22.3 Å². The van der Waals surface area contributed by atoms with Gasteiger partial charge in [0.05, 0.1) is 0 Å². The Morgan fingerprint density at radius 3 is 1.56 bits per heavy atom. The summed E-state index contributed by atoms with van der Waals surface area (Å²) in [6.07, 6.45) is 4.15. The van der Waals surface area contributed by atoms with Gasteiger partial charge in [0, 0.05) is 12.2 Å². The van der Waals surface area contributed by atoms with E-state index in [1.807, 2.05) is 24.3 Å². The minimum absolute atomic E-state index is 0.0914. The fraction of sp³-hybridized carbons (Fsp3) is 0.240. The average Bonchev–Trinajstić information content (AvgIpc) is 2.72. The summed E-state index contributed by atoms with van der Waals surface area (Å²) < 4.78 is 0. The van der Waals surface area contributed by atoms with E-state index in [-0.39, 0.29) is 12.4 Å². The molecular weight excluding hydrogens is 332 g/mol. The van der Waals surface area contributed by atoms with Crippen LogP contribution in [0.2, 0.25) is 0 Å². The monoisotopic (exact) mass is 358 g/mol. The summed E-state index contributed by atoms with van der Waals surface area (Å²) in [6, 6.07) is 25.0. The Morgan fingerprint density at radius 2 is 1.11 bits per heavy atom. The zero-order valence-electron chi connectivity index (χ0n) is 15.8. The van der Waals surface area contributed by atoms with Crippen LogP contribution in [0.3, 0.4) is 0 Å². The van der Waals surface area contributed by atoms with Crippen LogP contribution in [0.15, 0.2) is 72.8 Å². The van der Waals surface area contributed by atoms with Crippen molar-refractivity contribution in [3.05, 3.63) is 83.9 Å². The van der Waals surface area contributed by atoms with Crippen LogP contribution in [0.4, 0.5) is 0 Å². The van der Waals surface area contributed by atoms with Gasteiger partial charge in [-0.2, -0.15) is 0 Å². The van der Waals surface area contributed by atoms with Gasteiger partial charge in [0.15, 0.2) is 5.78 Å². The van der Waals surface area contributed by atoms with Gasteiger partial charge in [-0.15, -0.1) is 0 Å². The van der Waals surface area contributed by atoms with Gasteiger partial charge in [-0.1, -0.05) is 79.2 Å². The highest BCUT2D eigenvalue weighted by molar-refractivity contribution is 5.94. The Morgan fingerprint density at radius 1 is 0.667 bits per heavy atom. The number of ketones is 1. The first kappa shape index (κ1) is 19.1. The predicted octanol–water partition coefficient (Wildman–Crippen LogP) is 5.93. The second kappa shape index (κ2) is 9.29. The lowest BCUT2D eigenvalue weighted by atomic mass is 9.98. The first-order chi connectivity index (χ1) is 13.2. The molecule has 3 aromatic rings. The summed E-state index contributed by atoms with van der Waals surface area (Å²) >= 11 is 0. The number of carbonyl (C=O) groups is 1.